The van der Waals surface area contributed by atoms with Gasteiger partial charge >= 0.3 is 0 Å². The average molecular weight is 205 g/mol. The van der Waals surface area contributed by atoms with E-state index in [2.05, 4.69) is 0 Å². The molecule has 0 aromatic heterocycles. The van der Waals surface area contributed by atoms with E-state index < -0.39 is 11.9 Å². The number of benzene rings is 1. The molecule has 0 saturated carbocycles. The summed E-state index contributed by atoms with van der Waals surface area (Å²) in [7, 11) is 1.45. The molecule has 0 aliphatic heterocycles. The van der Waals surface area contributed by atoms with Crippen LogP contribution in [0.5, 0.6) is 5.75 Å². The molecule has 1 aromatic carbocycles. The predicted octanol–water partition coefficient (Wildman–Crippen LogP) is 2.54. The van der Waals surface area contributed by atoms with Crippen molar-refractivity contribution in [3.8, 4) is 5.75 Å². The molecule has 1 atom stereocenters. The summed E-state index contributed by atoms with van der Waals surface area (Å²) < 4.78 is 18.1. The Balaban J connectivity index is 3.25. The van der Waals surface area contributed by atoms with Crippen LogP contribution in [0.1, 0.15) is 18.6 Å². The maximum atomic E-state index is 13.2. The Morgan fingerprint density at radius 1 is 1.54 bits per heavy atom. The standard InChI is InChI=1S/C9H10ClFO2/c1-5(12)7-3-6(13-2)4-8(10)9(7)11/h3-5,12H,1-2H3. The fraction of sp³-hybridized carbons (Fsp3) is 0.333. The van der Waals surface area contributed by atoms with Crippen molar-refractivity contribution in [3.05, 3.63) is 28.5 Å². The molecule has 0 radical (unpaired) electrons. The van der Waals surface area contributed by atoms with E-state index in [4.69, 9.17) is 16.3 Å². The summed E-state index contributed by atoms with van der Waals surface area (Å²) >= 11 is 5.58. The highest BCUT2D eigenvalue weighted by molar-refractivity contribution is 6.31. The number of aliphatic hydroxyl groups excluding tert-OH is 1. The van der Waals surface area contributed by atoms with E-state index in [9.17, 15) is 9.50 Å². The lowest BCUT2D eigenvalue weighted by Crippen LogP contribution is -1.97. The molecule has 0 saturated heterocycles. The summed E-state index contributed by atoms with van der Waals surface area (Å²) in [6, 6.07) is 2.79. The predicted molar refractivity (Wildman–Crippen MR) is 48.6 cm³/mol. The fourth-order valence-electron chi connectivity index (χ4n) is 1.01. The normalized spacial score (nSPS) is 12.7. The molecule has 0 heterocycles. The lowest BCUT2D eigenvalue weighted by atomic mass is 10.1. The Bertz CT molecular complexity index is 313. The molecule has 0 bridgehead atoms. The first-order chi connectivity index (χ1) is 6.06. The third kappa shape index (κ3) is 2.11. The van der Waals surface area contributed by atoms with Crippen LogP contribution in [0.4, 0.5) is 4.39 Å². The van der Waals surface area contributed by atoms with Gasteiger partial charge in [-0.05, 0) is 13.0 Å². The molecular formula is C9H10ClFO2. The monoisotopic (exact) mass is 204 g/mol. The minimum atomic E-state index is -0.896. The van der Waals surface area contributed by atoms with Gasteiger partial charge in [0.15, 0.2) is 0 Å². The molecule has 0 amide bonds. The molecule has 2 nitrogen and oxygen atoms in total. The van der Waals surface area contributed by atoms with Gasteiger partial charge < -0.3 is 9.84 Å². The van der Waals surface area contributed by atoms with Crippen LogP contribution in [-0.2, 0) is 0 Å². The first kappa shape index (κ1) is 10.3. The fourth-order valence-corrected chi connectivity index (χ4v) is 1.22. The molecule has 0 fully saturated rings. The molecule has 1 rings (SSSR count). The highest BCUT2D eigenvalue weighted by Crippen LogP contribution is 2.28. The molecule has 0 aliphatic rings. The van der Waals surface area contributed by atoms with Gasteiger partial charge in [-0.2, -0.15) is 0 Å². The van der Waals surface area contributed by atoms with Gasteiger partial charge in [0.1, 0.15) is 11.6 Å². The second kappa shape index (κ2) is 3.94. The quantitative estimate of drug-likeness (QED) is 0.802. The highest BCUT2D eigenvalue weighted by atomic mass is 35.5. The van der Waals surface area contributed by atoms with Crippen LogP contribution in [0.3, 0.4) is 0 Å². The third-order valence-corrected chi connectivity index (χ3v) is 1.99. The van der Waals surface area contributed by atoms with E-state index in [1.165, 1.54) is 26.2 Å². The van der Waals surface area contributed by atoms with Crippen LogP contribution in [-0.4, -0.2) is 12.2 Å². The van der Waals surface area contributed by atoms with Crippen LogP contribution < -0.4 is 4.74 Å². The summed E-state index contributed by atoms with van der Waals surface area (Å²) in [5, 5.41) is 9.15. The van der Waals surface area contributed by atoms with Crippen molar-refractivity contribution in [3.63, 3.8) is 0 Å². The number of halogens is 2. The zero-order chi connectivity index (χ0) is 10.0. The number of hydrogen-bond acceptors (Lipinski definition) is 2. The van der Waals surface area contributed by atoms with Crippen molar-refractivity contribution in [1.29, 1.82) is 0 Å². The Hall–Kier alpha value is -0.800. The second-order valence-electron chi connectivity index (χ2n) is 2.69. The first-order valence-electron chi connectivity index (χ1n) is 3.77. The van der Waals surface area contributed by atoms with Gasteiger partial charge in [0.05, 0.1) is 18.2 Å². The molecule has 0 spiro atoms. The van der Waals surface area contributed by atoms with Crippen molar-refractivity contribution in [2.24, 2.45) is 0 Å². The van der Waals surface area contributed by atoms with E-state index in [1.54, 1.807) is 0 Å². The van der Waals surface area contributed by atoms with Crippen LogP contribution in [0.2, 0.25) is 5.02 Å². The van der Waals surface area contributed by atoms with Gasteiger partial charge in [0.25, 0.3) is 0 Å². The van der Waals surface area contributed by atoms with Gasteiger partial charge in [0, 0.05) is 11.6 Å². The van der Waals surface area contributed by atoms with Crippen molar-refractivity contribution in [2.45, 2.75) is 13.0 Å². The first-order valence-corrected chi connectivity index (χ1v) is 4.15. The lowest BCUT2D eigenvalue weighted by Gasteiger charge is -2.09. The maximum Gasteiger partial charge on any atom is 0.147 e. The van der Waals surface area contributed by atoms with Crippen LogP contribution >= 0.6 is 11.6 Å². The van der Waals surface area contributed by atoms with Crippen molar-refractivity contribution < 1.29 is 14.2 Å². The average Bonchev–Trinajstić information content (AvgIpc) is 2.09. The summed E-state index contributed by atoms with van der Waals surface area (Å²) in [6.07, 6.45) is -0.896. The van der Waals surface area contributed by atoms with Gasteiger partial charge in [-0.15, -0.1) is 0 Å². The van der Waals surface area contributed by atoms with Gasteiger partial charge in [-0.25, -0.2) is 4.39 Å². The number of ether oxygens (including phenoxy) is 1. The number of methoxy groups -OCH3 is 1. The molecule has 1 aromatic rings. The van der Waals surface area contributed by atoms with E-state index in [0.29, 0.717) is 5.75 Å². The molecule has 72 valence electrons. The largest absolute Gasteiger partial charge is 0.497 e. The third-order valence-electron chi connectivity index (χ3n) is 1.72. The summed E-state index contributed by atoms with van der Waals surface area (Å²) in [5.41, 5.74) is 0.143. The molecular weight excluding hydrogens is 195 g/mol. The van der Waals surface area contributed by atoms with Crippen LogP contribution in [0, 0.1) is 5.82 Å². The zero-order valence-electron chi connectivity index (χ0n) is 7.34. The van der Waals surface area contributed by atoms with Gasteiger partial charge in [-0.3, -0.25) is 0 Å². The van der Waals surface area contributed by atoms with Crippen molar-refractivity contribution >= 4 is 11.6 Å². The zero-order valence-corrected chi connectivity index (χ0v) is 8.10. The molecule has 4 heteroatoms. The maximum absolute atomic E-state index is 13.2. The van der Waals surface area contributed by atoms with E-state index in [0.717, 1.165) is 0 Å². The Labute approximate surface area is 80.9 Å². The van der Waals surface area contributed by atoms with E-state index in [1.807, 2.05) is 0 Å². The second-order valence-corrected chi connectivity index (χ2v) is 3.10. The summed E-state index contributed by atoms with van der Waals surface area (Å²) in [5.74, 6) is -0.167. The Kier molecular flexibility index (Phi) is 3.12. The molecule has 1 N–H and O–H groups in total. The molecule has 0 aliphatic carbocycles. The van der Waals surface area contributed by atoms with Crippen LogP contribution in [0.25, 0.3) is 0 Å². The topological polar surface area (TPSA) is 29.5 Å². The molecule has 13 heavy (non-hydrogen) atoms. The summed E-state index contributed by atoms with van der Waals surface area (Å²) in [6.45, 7) is 1.47. The number of hydrogen-bond donors (Lipinski definition) is 1. The SMILES string of the molecule is COc1cc(Cl)c(F)c(C(C)O)c1. The lowest BCUT2D eigenvalue weighted by molar-refractivity contribution is 0.193. The minimum Gasteiger partial charge on any atom is -0.497 e. The Morgan fingerprint density at radius 2 is 2.15 bits per heavy atom. The minimum absolute atomic E-state index is 0.0461. The van der Waals surface area contributed by atoms with E-state index in [-0.39, 0.29) is 10.6 Å². The van der Waals surface area contributed by atoms with Crippen molar-refractivity contribution in [1.82, 2.24) is 0 Å². The highest BCUT2D eigenvalue weighted by Gasteiger charge is 2.13. The number of rotatable bonds is 2. The van der Waals surface area contributed by atoms with Gasteiger partial charge in [-0.1, -0.05) is 11.6 Å². The van der Waals surface area contributed by atoms with Crippen LogP contribution in [0.15, 0.2) is 12.1 Å². The number of aliphatic hydroxyl groups is 1. The molecule has 1 unspecified atom stereocenters. The smallest absolute Gasteiger partial charge is 0.147 e. The van der Waals surface area contributed by atoms with Crippen molar-refractivity contribution in [2.75, 3.05) is 7.11 Å². The summed E-state index contributed by atoms with van der Waals surface area (Å²) in [4.78, 5) is 0. The van der Waals surface area contributed by atoms with Gasteiger partial charge in [0.2, 0.25) is 0 Å². The van der Waals surface area contributed by atoms with E-state index >= 15 is 0 Å². The Morgan fingerprint density at radius 3 is 2.62 bits per heavy atom.